The molecule has 0 bridgehead atoms. The maximum atomic E-state index is 12.4. The molecule has 0 aliphatic heterocycles. The molecular formula is C14H14N2O4S2. The normalized spacial score (nSPS) is 11.7. The number of primary amides is 1. The van der Waals surface area contributed by atoms with Crippen molar-refractivity contribution in [1.29, 1.82) is 0 Å². The first-order chi connectivity index (χ1) is 10.4. The van der Waals surface area contributed by atoms with Crippen molar-refractivity contribution in [3.63, 3.8) is 0 Å². The van der Waals surface area contributed by atoms with Gasteiger partial charge in [-0.1, -0.05) is 6.07 Å². The molecule has 0 saturated carbocycles. The molecule has 22 heavy (non-hydrogen) atoms. The average Bonchev–Trinajstić information content (AvgIpc) is 3.06. The largest absolute Gasteiger partial charge is 0.449 e. The Bertz CT molecular complexity index is 707. The van der Waals surface area contributed by atoms with Gasteiger partial charge < -0.3 is 15.8 Å². The molecule has 116 valence electrons. The summed E-state index contributed by atoms with van der Waals surface area (Å²) in [5, 5.41) is 6.64. The van der Waals surface area contributed by atoms with Gasteiger partial charge in [-0.05, 0) is 18.4 Å². The summed E-state index contributed by atoms with van der Waals surface area (Å²) >= 11 is 2.68. The lowest BCUT2D eigenvalue weighted by Crippen LogP contribution is -2.30. The predicted octanol–water partition coefficient (Wildman–Crippen LogP) is 2.47. The van der Waals surface area contributed by atoms with Crippen LogP contribution in [0.1, 0.15) is 24.2 Å². The first-order valence-corrected chi connectivity index (χ1v) is 8.09. The first kappa shape index (κ1) is 16.2. The smallest absolute Gasteiger partial charge is 0.342 e. The number of hydrogen-bond acceptors (Lipinski definition) is 6. The highest BCUT2D eigenvalue weighted by molar-refractivity contribution is 7.17. The first-order valence-electron chi connectivity index (χ1n) is 6.33. The van der Waals surface area contributed by atoms with Crippen molar-refractivity contribution in [2.45, 2.75) is 20.0 Å². The van der Waals surface area contributed by atoms with Crippen molar-refractivity contribution < 1.29 is 19.1 Å². The summed E-state index contributed by atoms with van der Waals surface area (Å²) in [4.78, 5) is 35.6. The van der Waals surface area contributed by atoms with E-state index in [9.17, 15) is 14.4 Å². The molecular weight excluding hydrogens is 324 g/mol. The molecule has 2 rings (SSSR count). The Morgan fingerprint density at radius 1 is 1.32 bits per heavy atom. The molecule has 0 fully saturated rings. The van der Waals surface area contributed by atoms with Crippen molar-refractivity contribution >= 4 is 45.5 Å². The number of nitrogens with one attached hydrogen (secondary N) is 1. The van der Waals surface area contributed by atoms with Crippen LogP contribution < -0.4 is 11.1 Å². The van der Waals surface area contributed by atoms with Gasteiger partial charge in [-0.3, -0.25) is 9.59 Å². The number of carbonyl (C=O) groups excluding carboxylic acids is 3. The Kier molecular flexibility index (Phi) is 4.94. The summed E-state index contributed by atoms with van der Waals surface area (Å²) in [7, 11) is 0. The van der Waals surface area contributed by atoms with Crippen molar-refractivity contribution in [2.75, 3.05) is 5.32 Å². The summed E-state index contributed by atoms with van der Waals surface area (Å²) in [6, 6.07) is 3.72. The Morgan fingerprint density at radius 2 is 2.05 bits per heavy atom. The van der Waals surface area contributed by atoms with Gasteiger partial charge >= 0.3 is 5.97 Å². The fraction of sp³-hybridized carbons (Fsp3) is 0.214. The van der Waals surface area contributed by atoms with Crippen LogP contribution in [0.15, 0.2) is 22.9 Å². The second-order valence-corrected chi connectivity index (χ2v) is 6.29. The van der Waals surface area contributed by atoms with Gasteiger partial charge in [-0.25, -0.2) is 4.79 Å². The molecule has 6 nitrogen and oxygen atoms in total. The van der Waals surface area contributed by atoms with Crippen LogP contribution in [0.2, 0.25) is 0 Å². The SMILES string of the molecule is CC(=O)Nc1scc(-c2cccs2)c1C(=O)O[C@@H](C)C(N)=O. The summed E-state index contributed by atoms with van der Waals surface area (Å²) in [6.07, 6.45) is -1.05. The minimum absolute atomic E-state index is 0.232. The molecule has 2 heterocycles. The lowest BCUT2D eigenvalue weighted by molar-refractivity contribution is -0.125. The van der Waals surface area contributed by atoms with E-state index in [1.165, 1.54) is 36.5 Å². The quantitative estimate of drug-likeness (QED) is 0.818. The zero-order valence-corrected chi connectivity index (χ0v) is 13.5. The van der Waals surface area contributed by atoms with Crippen molar-refractivity contribution in [1.82, 2.24) is 0 Å². The predicted molar refractivity (Wildman–Crippen MR) is 86.0 cm³/mol. The second kappa shape index (κ2) is 6.71. The molecule has 0 spiro atoms. The third-order valence-electron chi connectivity index (χ3n) is 2.76. The van der Waals surface area contributed by atoms with Gasteiger partial charge in [-0.15, -0.1) is 22.7 Å². The highest BCUT2D eigenvalue weighted by atomic mass is 32.1. The van der Waals surface area contributed by atoms with E-state index < -0.39 is 18.0 Å². The topological polar surface area (TPSA) is 98.5 Å². The van der Waals surface area contributed by atoms with Gasteiger partial charge in [0, 0.05) is 22.7 Å². The molecule has 2 aromatic rings. The monoisotopic (exact) mass is 338 g/mol. The van der Waals surface area contributed by atoms with E-state index in [0.717, 1.165) is 4.88 Å². The van der Waals surface area contributed by atoms with E-state index >= 15 is 0 Å². The number of nitrogens with two attached hydrogens (primary N) is 1. The number of hydrogen-bond donors (Lipinski definition) is 2. The minimum atomic E-state index is -1.05. The van der Waals surface area contributed by atoms with Crippen molar-refractivity contribution in [2.24, 2.45) is 5.73 Å². The van der Waals surface area contributed by atoms with E-state index in [4.69, 9.17) is 10.5 Å². The summed E-state index contributed by atoms with van der Waals surface area (Å²) in [5.41, 5.74) is 6.00. The third-order valence-corrected chi connectivity index (χ3v) is 4.55. The van der Waals surface area contributed by atoms with Crippen LogP contribution in [0, 0.1) is 0 Å². The average molecular weight is 338 g/mol. The molecule has 0 saturated heterocycles. The fourth-order valence-corrected chi connectivity index (χ4v) is 3.52. The van der Waals surface area contributed by atoms with Gasteiger partial charge in [0.15, 0.2) is 6.10 Å². The zero-order chi connectivity index (χ0) is 16.3. The molecule has 2 aromatic heterocycles. The number of ether oxygens (including phenoxy) is 1. The molecule has 8 heteroatoms. The second-order valence-electron chi connectivity index (χ2n) is 4.46. The summed E-state index contributed by atoms with van der Waals surface area (Å²) in [6.45, 7) is 2.75. The van der Waals surface area contributed by atoms with Crippen LogP contribution in [0.4, 0.5) is 5.00 Å². The van der Waals surface area contributed by atoms with Crippen LogP contribution in [0.3, 0.4) is 0 Å². The number of thiophene rings is 2. The van der Waals surface area contributed by atoms with Crippen LogP contribution >= 0.6 is 22.7 Å². The Morgan fingerprint density at radius 3 is 2.59 bits per heavy atom. The Hall–Kier alpha value is -2.19. The molecule has 0 radical (unpaired) electrons. The maximum Gasteiger partial charge on any atom is 0.342 e. The van der Waals surface area contributed by atoms with Crippen LogP contribution in [-0.4, -0.2) is 23.9 Å². The van der Waals surface area contributed by atoms with Crippen LogP contribution in [0.5, 0.6) is 0 Å². The van der Waals surface area contributed by atoms with E-state index in [0.29, 0.717) is 10.6 Å². The minimum Gasteiger partial charge on any atom is -0.449 e. The zero-order valence-electron chi connectivity index (χ0n) is 11.9. The summed E-state index contributed by atoms with van der Waals surface area (Å²) in [5.74, 6) is -1.72. The molecule has 0 aliphatic rings. The molecule has 0 aliphatic carbocycles. The van der Waals surface area contributed by atoms with E-state index in [1.807, 2.05) is 17.5 Å². The molecule has 1 atom stereocenters. The van der Waals surface area contributed by atoms with E-state index in [-0.39, 0.29) is 11.5 Å². The van der Waals surface area contributed by atoms with Gasteiger partial charge in [0.1, 0.15) is 10.6 Å². The Labute approximate surface area is 134 Å². The van der Waals surface area contributed by atoms with Gasteiger partial charge in [0.25, 0.3) is 5.91 Å². The fourth-order valence-electron chi connectivity index (χ4n) is 1.70. The van der Waals surface area contributed by atoms with E-state index in [1.54, 1.807) is 5.38 Å². The van der Waals surface area contributed by atoms with Crippen LogP contribution in [-0.2, 0) is 14.3 Å². The third kappa shape index (κ3) is 3.52. The lowest BCUT2D eigenvalue weighted by Gasteiger charge is -2.11. The molecule has 2 amide bonds. The van der Waals surface area contributed by atoms with Crippen molar-refractivity contribution in [3.8, 4) is 10.4 Å². The molecule has 3 N–H and O–H groups in total. The van der Waals surface area contributed by atoms with Gasteiger partial charge in [-0.2, -0.15) is 0 Å². The number of esters is 1. The lowest BCUT2D eigenvalue weighted by atomic mass is 10.1. The number of rotatable bonds is 5. The highest BCUT2D eigenvalue weighted by Crippen LogP contribution is 2.38. The number of amides is 2. The highest BCUT2D eigenvalue weighted by Gasteiger charge is 2.25. The van der Waals surface area contributed by atoms with E-state index in [2.05, 4.69) is 5.32 Å². The maximum absolute atomic E-state index is 12.4. The summed E-state index contributed by atoms with van der Waals surface area (Å²) < 4.78 is 5.06. The standard InChI is InChI=1S/C14H14N2O4S2/c1-7(12(15)18)20-14(19)11-9(10-4-3-5-21-10)6-22-13(11)16-8(2)17/h3-7H,1-2H3,(H2,15,18)(H,16,17)/t7-/m0/s1. The molecule has 0 aromatic carbocycles. The van der Waals surface area contributed by atoms with Crippen LogP contribution in [0.25, 0.3) is 10.4 Å². The van der Waals surface area contributed by atoms with Gasteiger partial charge in [0.05, 0.1) is 0 Å². The Balaban J connectivity index is 2.41. The van der Waals surface area contributed by atoms with Crippen molar-refractivity contribution in [3.05, 3.63) is 28.5 Å². The van der Waals surface area contributed by atoms with Gasteiger partial charge in [0.2, 0.25) is 5.91 Å². The molecule has 0 unspecified atom stereocenters. The number of anilines is 1. The number of carbonyl (C=O) groups is 3.